The first kappa shape index (κ1) is 23.6. The quantitative estimate of drug-likeness (QED) is 0.626. The van der Waals surface area contributed by atoms with Gasteiger partial charge in [0.2, 0.25) is 5.91 Å². The van der Waals surface area contributed by atoms with Gasteiger partial charge in [-0.1, -0.05) is 38.1 Å². The summed E-state index contributed by atoms with van der Waals surface area (Å²) < 4.78 is 5.19. The first-order valence-electron chi connectivity index (χ1n) is 11.5. The maximum atomic E-state index is 12.9. The third-order valence-corrected chi connectivity index (χ3v) is 5.80. The van der Waals surface area contributed by atoms with E-state index < -0.39 is 0 Å². The first-order chi connectivity index (χ1) is 15.5. The Balaban J connectivity index is 1.52. The van der Waals surface area contributed by atoms with Crippen LogP contribution in [-0.2, 0) is 11.2 Å². The van der Waals surface area contributed by atoms with Crippen LogP contribution in [0.3, 0.4) is 0 Å². The second-order valence-electron chi connectivity index (χ2n) is 8.80. The minimum Gasteiger partial charge on any atom is -0.497 e. The van der Waals surface area contributed by atoms with Crippen molar-refractivity contribution in [2.45, 2.75) is 45.6 Å². The van der Waals surface area contributed by atoms with Crippen LogP contribution < -0.4 is 20.3 Å². The lowest BCUT2D eigenvalue weighted by Gasteiger charge is -2.35. The van der Waals surface area contributed by atoms with Crippen molar-refractivity contribution >= 4 is 17.5 Å². The molecule has 1 aliphatic heterocycles. The molecule has 2 amide bonds. The fraction of sp³-hybridized carbons (Fsp3) is 0.462. The second kappa shape index (κ2) is 11.6. The molecule has 0 aliphatic carbocycles. The monoisotopic (exact) mass is 437 g/mol. The van der Waals surface area contributed by atoms with Gasteiger partial charge in [0, 0.05) is 37.8 Å². The van der Waals surface area contributed by atoms with Crippen molar-refractivity contribution in [3.63, 3.8) is 0 Å². The number of nitrogens with zero attached hydrogens (tertiary/aromatic N) is 1. The van der Waals surface area contributed by atoms with E-state index in [9.17, 15) is 9.59 Å². The molecule has 1 fully saturated rings. The fourth-order valence-electron chi connectivity index (χ4n) is 4.07. The molecule has 0 atom stereocenters. The molecule has 0 spiro atoms. The Bertz CT molecular complexity index is 887. The van der Waals surface area contributed by atoms with Crippen LogP contribution in [0.1, 0.15) is 49.0 Å². The molecule has 0 saturated carbocycles. The van der Waals surface area contributed by atoms with Crippen LogP contribution in [0.4, 0.5) is 5.69 Å². The van der Waals surface area contributed by atoms with Crippen molar-refractivity contribution in [3.8, 4) is 5.75 Å². The van der Waals surface area contributed by atoms with Crippen molar-refractivity contribution in [3.05, 3.63) is 59.7 Å². The van der Waals surface area contributed by atoms with Gasteiger partial charge < -0.3 is 20.3 Å². The highest BCUT2D eigenvalue weighted by Crippen LogP contribution is 2.24. The SMILES string of the molecule is COc1ccc(CCNC(=O)c2ccccc2N2CCC(NC(=O)CC(C)C)CC2)cc1. The average molecular weight is 438 g/mol. The normalized spacial score (nSPS) is 14.3. The molecule has 0 bridgehead atoms. The Morgan fingerprint density at radius 1 is 1.06 bits per heavy atom. The Labute approximate surface area is 191 Å². The molecule has 2 aromatic rings. The van der Waals surface area contributed by atoms with Gasteiger partial charge in [-0.2, -0.15) is 0 Å². The number of hydrogen-bond acceptors (Lipinski definition) is 4. The number of methoxy groups -OCH3 is 1. The molecule has 2 aromatic carbocycles. The molecule has 6 heteroatoms. The van der Waals surface area contributed by atoms with Crippen LogP contribution in [0.5, 0.6) is 5.75 Å². The van der Waals surface area contributed by atoms with Crippen LogP contribution >= 0.6 is 0 Å². The van der Waals surface area contributed by atoms with E-state index in [4.69, 9.17) is 4.74 Å². The molecular weight excluding hydrogens is 402 g/mol. The molecule has 3 rings (SSSR count). The predicted molar refractivity (Wildman–Crippen MR) is 128 cm³/mol. The van der Waals surface area contributed by atoms with Gasteiger partial charge in [-0.25, -0.2) is 0 Å². The molecule has 0 aromatic heterocycles. The number of para-hydroxylation sites is 1. The number of nitrogens with one attached hydrogen (secondary N) is 2. The van der Waals surface area contributed by atoms with Gasteiger partial charge in [0.25, 0.3) is 5.91 Å². The van der Waals surface area contributed by atoms with Crippen LogP contribution in [0.2, 0.25) is 0 Å². The Morgan fingerprint density at radius 2 is 1.75 bits per heavy atom. The highest BCUT2D eigenvalue weighted by atomic mass is 16.5. The summed E-state index contributed by atoms with van der Waals surface area (Å²) in [5.74, 6) is 1.27. The number of benzene rings is 2. The smallest absolute Gasteiger partial charge is 0.253 e. The number of amides is 2. The van der Waals surface area contributed by atoms with E-state index in [0.29, 0.717) is 24.4 Å². The molecule has 0 radical (unpaired) electrons. The standard InChI is InChI=1S/C26H35N3O3/c1-19(2)18-25(30)28-21-13-16-29(17-14-21)24-7-5-4-6-23(24)26(31)27-15-12-20-8-10-22(32-3)11-9-20/h4-11,19,21H,12-18H2,1-3H3,(H,27,31)(H,28,30). The zero-order chi connectivity index (χ0) is 22.9. The van der Waals surface area contributed by atoms with E-state index in [1.54, 1.807) is 7.11 Å². The topological polar surface area (TPSA) is 70.7 Å². The minimum atomic E-state index is -0.0542. The summed E-state index contributed by atoms with van der Waals surface area (Å²) in [6.45, 7) is 6.33. The number of carbonyl (C=O) groups excluding carboxylic acids is 2. The van der Waals surface area contributed by atoms with E-state index in [0.717, 1.165) is 49.4 Å². The third-order valence-electron chi connectivity index (χ3n) is 5.80. The van der Waals surface area contributed by atoms with Crippen LogP contribution in [0.25, 0.3) is 0 Å². The molecule has 2 N–H and O–H groups in total. The lowest BCUT2D eigenvalue weighted by molar-refractivity contribution is -0.122. The van der Waals surface area contributed by atoms with E-state index in [1.165, 1.54) is 0 Å². The fourth-order valence-corrected chi connectivity index (χ4v) is 4.07. The molecule has 1 heterocycles. The van der Waals surface area contributed by atoms with Gasteiger partial charge in [-0.3, -0.25) is 9.59 Å². The zero-order valence-electron chi connectivity index (χ0n) is 19.4. The third kappa shape index (κ3) is 6.74. The molecule has 0 unspecified atom stereocenters. The van der Waals surface area contributed by atoms with Crippen molar-refractivity contribution in [1.29, 1.82) is 0 Å². The number of piperidine rings is 1. The molecule has 1 aliphatic rings. The summed E-state index contributed by atoms with van der Waals surface area (Å²) in [5.41, 5.74) is 2.81. The van der Waals surface area contributed by atoms with Gasteiger partial charge >= 0.3 is 0 Å². The summed E-state index contributed by atoms with van der Waals surface area (Å²) >= 11 is 0. The molecule has 1 saturated heterocycles. The number of carbonyl (C=O) groups is 2. The maximum Gasteiger partial charge on any atom is 0.253 e. The summed E-state index contributed by atoms with van der Waals surface area (Å²) in [7, 11) is 1.65. The van der Waals surface area contributed by atoms with Gasteiger partial charge in [0.1, 0.15) is 5.75 Å². The maximum absolute atomic E-state index is 12.9. The lowest BCUT2D eigenvalue weighted by Crippen LogP contribution is -2.45. The largest absolute Gasteiger partial charge is 0.497 e. The predicted octanol–water partition coefficient (Wildman–Crippen LogP) is 3.80. The minimum absolute atomic E-state index is 0.0542. The number of hydrogen-bond donors (Lipinski definition) is 2. The van der Waals surface area contributed by atoms with Crippen LogP contribution in [0.15, 0.2) is 48.5 Å². The summed E-state index contributed by atoms with van der Waals surface area (Å²) in [6.07, 6.45) is 3.10. The van der Waals surface area contributed by atoms with Crippen LogP contribution in [-0.4, -0.2) is 44.6 Å². The van der Waals surface area contributed by atoms with Crippen molar-refractivity contribution in [1.82, 2.24) is 10.6 Å². The summed E-state index contributed by atoms with van der Waals surface area (Å²) in [6, 6.07) is 15.9. The van der Waals surface area contributed by atoms with E-state index in [1.807, 2.05) is 48.5 Å². The second-order valence-corrected chi connectivity index (χ2v) is 8.80. The number of rotatable bonds is 9. The summed E-state index contributed by atoms with van der Waals surface area (Å²) in [4.78, 5) is 27.2. The van der Waals surface area contributed by atoms with Crippen molar-refractivity contribution in [2.75, 3.05) is 31.6 Å². The van der Waals surface area contributed by atoms with Crippen LogP contribution in [0, 0.1) is 5.92 Å². The zero-order valence-corrected chi connectivity index (χ0v) is 19.4. The number of anilines is 1. The van der Waals surface area contributed by atoms with E-state index in [2.05, 4.69) is 29.4 Å². The Kier molecular flexibility index (Phi) is 8.54. The lowest BCUT2D eigenvalue weighted by atomic mass is 10.0. The van der Waals surface area contributed by atoms with Gasteiger partial charge in [-0.05, 0) is 55.0 Å². The molecule has 6 nitrogen and oxygen atoms in total. The van der Waals surface area contributed by atoms with Gasteiger partial charge in [-0.15, -0.1) is 0 Å². The van der Waals surface area contributed by atoms with Crippen molar-refractivity contribution < 1.29 is 14.3 Å². The highest BCUT2D eigenvalue weighted by Gasteiger charge is 2.23. The number of ether oxygens (including phenoxy) is 1. The first-order valence-corrected chi connectivity index (χ1v) is 11.5. The van der Waals surface area contributed by atoms with E-state index in [-0.39, 0.29) is 17.9 Å². The molecule has 32 heavy (non-hydrogen) atoms. The Hall–Kier alpha value is -3.02. The Morgan fingerprint density at radius 3 is 2.41 bits per heavy atom. The summed E-state index contributed by atoms with van der Waals surface area (Å²) in [5, 5.41) is 6.21. The van der Waals surface area contributed by atoms with Crippen molar-refractivity contribution in [2.24, 2.45) is 5.92 Å². The average Bonchev–Trinajstić information content (AvgIpc) is 2.79. The van der Waals surface area contributed by atoms with E-state index >= 15 is 0 Å². The van der Waals surface area contributed by atoms with Gasteiger partial charge in [0.05, 0.1) is 12.7 Å². The molecule has 172 valence electrons. The highest BCUT2D eigenvalue weighted by molar-refractivity contribution is 5.99. The van der Waals surface area contributed by atoms with Gasteiger partial charge in [0.15, 0.2) is 0 Å². The molecular formula is C26H35N3O3.